The molecule has 1 aromatic rings. The van der Waals surface area contributed by atoms with Crippen LogP contribution in [0.15, 0.2) is 47.1 Å². The number of allylic oxidation sites excluding steroid dienone is 4. The number of Topliss-reactive ketones (excluding diaryl/α,β-unsaturated/α-hetero) is 1. The molecule has 5 atom stereocenters. The molecule has 4 aliphatic rings. The van der Waals surface area contributed by atoms with E-state index < -0.39 is 35.4 Å². The van der Waals surface area contributed by atoms with Gasteiger partial charge in [0.2, 0.25) is 0 Å². The third-order valence-electron chi connectivity index (χ3n) is 9.83. The molecular formula is C32H34F3NO4. The topological polar surface area (TPSA) is 72.5 Å². The molecule has 0 bridgehead atoms. The summed E-state index contributed by atoms with van der Waals surface area (Å²) in [6.45, 7) is 2.50. The largest absolute Gasteiger partial charge is 0.458 e. The van der Waals surface area contributed by atoms with E-state index in [1.54, 1.807) is 6.08 Å². The Morgan fingerprint density at radius 2 is 1.85 bits per heavy atom. The minimum absolute atomic E-state index is 0.0594. The van der Waals surface area contributed by atoms with Crippen LogP contribution in [0.1, 0.15) is 70.3 Å². The third-order valence-corrected chi connectivity index (χ3v) is 9.83. The van der Waals surface area contributed by atoms with Gasteiger partial charge >= 0.3 is 12.1 Å². The zero-order valence-corrected chi connectivity index (χ0v) is 23.0. The SMILES string of the molecule is CNc1ccc([C@H]2C[C@@]3(C)[C@@H](CC[C@]3(C#CC(F)(F)F)C(=O)COC(C)=O)[C@@H]3CCC4=CC(=O)CCC4=C32)cc1. The summed E-state index contributed by atoms with van der Waals surface area (Å²) >= 11 is 0. The Hall–Kier alpha value is -3.34. The molecule has 40 heavy (non-hydrogen) atoms. The Bertz CT molecular complexity index is 1360. The average Bonchev–Trinajstić information content (AvgIpc) is 3.22. The van der Waals surface area contributed by atoms with Crippen molar-refractivity contribution < 1.29 is 32.3 Å². The number of rotatable bonds is 5. The smallest absolute Gasteiger partial charge is 0.457 e. The van der Waals surface area contributed by atoms with Gasteiger partial charge in [0.25, 0.3) is 0 Å². The Morgan fingerprint density at radius 1 is 1.12 bits per heavy atom. The molecule has 0 unspecified atom stereocenters. The second kappa shape index (κ2) is 10.2. The highest BCUT2D eigenvalue weighted by Gasteiger charge is 2.65. The molecule has 0 heterocycles. The molecule has 0 spiro atoms. The van der Waals surface area contributed by atoms with Crippen LogP contribution in [0.2, 0.25) is 0 Å². The molecule has 4 aliphatic carbocycles. The highest BCUT2D eigenvalue weighted by Crippen LogP contribution is 2.69. The molecule has 212 valence electrons. The highest BCUT2D eigenvalue weighted by atomic mass is 19.4. The summed E-state index contributed by atoms with van der Waals surface area (Å²) < 4.78 is 45.5. The molecule has 2 fully saturated rings. The molecular weight excluding hydrogens is 519 g/mol. The maximum Gasteiger partial charge on any atom is 0.457 e. The maximum atomic E-state index is 13.8. The van der Waals surface area contributed by atoms with E-state index >= 15 is 0 Å². The number of fused-ring (bicyclic) bond motifs is 4. The van der Waals surface area contributed by atoms with Gasteiger partial charge in [-0.15, -0.1) is 0 Å². The predicted octanol–water partition coefficient (Wildman–Crippen LogP) is 6.31. The second-order valence-electron chi connectivity index (χ2n) is 11.8. The van der Waals surface area contributed by atoms with E-state index in [-0.39, 0.29) is 30.0 Å². The minimum atomic E-state index is -4.76. The molecule has 0 radical (unpaired) electrons. The normalized spacial score (nSPS) is 31.2. The molecule has 1 aromatic carbocycles. The number of anilines is 1. The molecule has 8 heteroatoms. The average molecular weight is 554 g/mol. The monoisotopic (exact) mass is 553 g/mol. The van der Waals surface area contributed by atoms with Crippen LogP contribution in [0.25, 0.3) is 0 Å². The number of hydrogen-bond acceptors (Lipinski definition) is 5. The van der Waals surface area contributed by atoms with Crippen molar-refractivity contribution in [2.24, 2.45) is 22.7 Å². The second-order valence-corrected chi connectivity index (χ2v) is 11.8. The fraction of sp³-hybridized carbons (Fsp3) is 0.531. The molecule has 2 saturated carbocycles. The summed E-state index contributed by atoms with van der Waals surface area (Å²) in [6.07, 6.45) is 0.800. The van der Waals surface area contributed by atoms with Gasteiger partial charge in [0.15, 0.2) is 18.2 Å². The number of ketones is 2. The van der Waals surface area contributed by atoms with E-state index in [0.717, 1.165) is 29.7 Å². The zero-order valence-electron chi connectivity index (χ0n) is 23.0. The van der Waals surface area contributed by atoms with Crippen LogP contribution in [0.5, 0.6) is 0 Å². The molecule has 0 amide bonds. The molecule has 0 aromatic heterocycles. The summed E-state index contributed by atoms with van der Waals surface area (Å²) in [5, 5.41) is 3.12. The van der Waals surface area contributed by atoms with Gasteiger partial charge in [-0.1, -0.05) is 30.6 Å². The lowest BCUT2D eigenvalue weighted by Gasteiger charge is -2.54. The van der Waals surface area contributed by atoms with Gasteiger partial charge in [0.1, 0.15) is 0 Å². The Balaban J connectivity index is 1.68. The summed E-state index contributed by atoms with van der Waals surface area (Å²) in [7, 11) is 1.83. The summed E-state index contributed by atoms with van der Waals surface area (Å²) in [5.74, 6) is 2.65. The zero-order chi connectivity index (χ0) is 28.9. The van der Waals surface area contributed by atoms with E-state index in [1.165, 1.54) is 24.0 Å². The first-order valence-electron chi connectivity index (χ1n) is 13.9. The van der Waals surface area contributed by atoms with Gasteiger partial charge < -0.3 is 10.1 Å². The first-order valence-corrected chi connectivity index (χ1v) is 13.9. The van der Waals surface area contributed by atoms with Crippen LogP contribution in [0.3, 0.4) is 0 Å². The Morgan fingerprint density at radius 3 is 2.50 bits per heavy atom. The number of benzene rings is 1. The van der Waals surface area contributed by atoms with Gasteiger partial charge in [0, 0.05) is 37.9 Å². The van der Waals surface area contributed by atoms with Crippen LogP contribution in [0.4, 0.5) is 18.9 Å². The number of halogens is 3. The van der Waals surface area contributed by atoms with Crippen LogP contribution < -0.4 is 5.32 Å². The number of carbonyl (C=O) groups excluding carboxylic acids is 3. The van der Waals surface area contributed by atoms with Crippen molar-refractivity contribution in [1.82, 2.24) is 0 Å². The summed E-state index contributed by atoms with van der Waals surface area (Å²) in [6, 6.07) is 8.03. The quantitative estimate of drug-likeness (QED) is 0.342. The number of alkyl halides is 3. The number of carbonyl (C=O) groups is 3. The lowest BCUT2D eigenvalue weighted by atomic mass is 9.48. The van der Waals surface area contributed by atoms with Crippen molar-refractivity contribution in [2.75, 3.05) is 19.0 Å². The Labute approximate surface area is 232 Å². The van der Waals surface area contributed by atoms with Gasteiger partial charge in [-0.2, -0.15) is 13.2 Å². The molecule has 0 aliphatic heterocycles. The van der Waals surface area contributed by atoms with Gasteiger partial charge in [-0.05, 0) is 90.7 Å². The van der Waals surface area contributed by atoms with Crippen molar-refractivity contribution in [3.05, 3.63) is 52.6 Å². The minimum Gasteiger partial charge on any atom is -0.458 e. The van der Waals surface area contributed by atoms with Crippen LogP contribution in [-0.2, 0) is 19.1 Å². The number of hydrogen-bond donors (Lipinski definition) is 1. The maximum absolute atomic E-state index is 13.8. The van der Waals surface area contributed by atoms with Crippen molar-refractivity contribution in [3.63, 3.8) is 0 Å². The fourth-order valence-electron chi connectivity index (χ4n) is 8.07. The first kappa shape index (κ1) is 28.2. The Kier molecular flexibility index (Phi) is 7.22. The number of esters is 1. The number of ether oxygens (including phenoxy) is 1. The van der Waals surface area contributed by atoms with Gasteiger partial charge in [0.05, 0.1) is 5.41 Å². The van der Waals surface area contributed by atoms with E-state index in [0.29, 0.717) is 25.7 Å². The van der Waals surface area contributed by atoms with Crippen LogP contribution >= 0.6 is 0 Å². The van der Waals surface area contributed by atoms with Crippen molar-refractivity contribution in [1.29, 1.82) is 0 Å². The summed E-state index contributed by atoms with van der Waals surface area (Å²) in [4.78, 5) is 37.6. The van der Waals surface area contributed by atoms with Gasteiger partial charge in [-0.25, -0.2) is 0 Å². The summed E-state index contributed by atoms with van der Waals surface area (Å²) in [5.41, 5.74) is 3.06. The van der Waals surface area contributed by atoms with E-state index in [9.17, 15) is 27.6 Å². The van der Waals surface area contributed by atoms with E-state index in [1.807, 2.05) is 38.2 Å². The highest BCUT2D eigenvalue weighted by molar-refractivity contribution is 5.93. The first-order chi connectivity index (χ1) is 18.9. The van der Waals surface area contributed by atoms with Crippen LogP contribution in [0, 0.1) is 34.5 Å². The van der Waals surface area contributed by atoms with E-state index in [2.05, 4.69) is 11.2 Å². The number of nitrogens with one attached hydrogen (secondary N) is 1. The fourth-order valence-corrected chi connectivity index (χ4v) is 8.07. The standard InChI is InChI=1S/C32H34F3NO4/c1-19(37)40-18-28(39)31(14-15-32(33,34)35)13-12-27-25-10-6-21-16-23(38)9-11-24(21)29(25)26(17-30(27,31)2)20-4-7-22(36-3)8-5-20/h4-5,7-8,16,25-27,36H,6,9-13,17-18H2,1-3H3/t25-,26+,27-,30-,31-/m0/s1. The van der Waals surface area contributed by atoms with Gasteiger partial charge in [-0.3, -0.25) is 14.4 Å². The predicted molar refractivity (Wildman–Crippen MR) is 144 cm³/mol. The molecule has 5 rings (SSSR count). The third kappa shape index (κ3) is 4.78. The lowest BCUT2D eigenvalue weighted by molar-refractivity contribution is -0.150. The van der Waals surface area contributed by atoms with Crippen molar-refractivity contribution in [3.8, 4) is 11.8 Å². The lowest BCUT2D eigenvalue weighted by Crippen LogP contribution is -2.51. The van der Waals surface area contributed by atoms with Crippen molar-refractivity contribution >= 4 is 23.2 Å². The molecule has 5 nitrogen and oxygen atoms in total. The van der Waals surface area contributed by atoms with E-state index in [4.69, 9.17) is 4.74 Å². The molecule has 0 saturated heterocycles. The van der Waals surface area contributed by atoms with Crippen molar-refractivity contribution in [2.45, 2.75) is 70.9 Å². The van der Waals surface area contributed by atoms with Crippen LogP contribution in [-0.4, -0.2) is 37.4 Å². The molecule has 1 N–H and O–H groups in total.